The number of carboxylic acids is 2. The highest BCUT2D eigenvalue weighted by Gasteiger charge is 2.49. The third kappa shape index (κ3) is 4.35. The van der Waals surface area contributed by atoms with Gasteiger partial charge in [-0.25, -0.2) is 4.79 Å². The van der Waals surface area contributed by atoms with E-state index in [4.69, 9.17) is 0 Å². The van der Waals surface area contributed by atoms with Gasteiger partial charge in [0.2, 0.25) is 5.91 Å². The van der Waals surface area contributed by atoms with Gasteiger partial charge >= 0.3 is 11.9 Å². The number of fused-ring (bicyclic) bond motifs is 1. The fourth-order valence-corrected chi connectivity index (χ4v) is 4.66. The Bertz CT molecular complexity index is 723. The maximum atomic E-state index is 13.0. The maximum absolute atomic E-state index is 13.0. The van der Waals surface area contributed by atoms with Crippen LogP contribution in [0.2, 0.25) is 0 Å². The number of likely N-dealkylation sites (tertiary alicyclic amines) is 1. The van der Waals surface area contributed by atoms with Crippen molar-refractivity contribution in [3.63, 3.8) is 0 Å². The van der Waals surface area contributed by atoms with Crippen LogP contribution in [-0.4, -0.2) is 57.1 Å². The van der Waals surface area contributed by atoms with Gasteiger partial charge in [0.1, 0.15) is 12.1 Å². The fourth-order valence-electron chi connectivity index (χ4n) is 4.66. The molecule has 0 radical (unpaired) electrons. The van der Waals surface area contributed by atoms with Crippen molar-refractivity contribution in [3.8, 4) is 0 Å². The van der Waals surface area contributed by atoms with E-state index < -0.39 is 30.1 Å². The van der Waals surface area contributed by atoms with Gasteiger partial charge in [0, 0.05) is 6.04 Å². The SMILES string of the molecule is CC(NC(CCc1ccccc1)C(=O)O)C(=O)N1C(C(=O)O)C[C@@H]2CCC[C@@H]21. The second-order valence-corrected chi connectivity index (χ2v) is 7.90. The summed E-state index contributed by atoms with van der Waals surface area (Å²) < 4.78 is 0. The summed E-state index contributed by atoms with van der Waals surface area (Å²) in [5, 5.41) is 22.0. The number of nitrogens with one attached hydrogen (secondary N) is 1. The van der Waals surface area contributed by atoms with Crippen molar-refractivity contribution in [1.82, 2.24) is 10.2 Å². The lowest BCUT2D eigenvalue weighted by Gasteiger charge is -2.31. The Balaban J connectivity index is 1.65. The summed E-state index contributed by atoms with van der Waals surface area (Å²) in [7, 11) is 0. The Morgan fingerprint density at radius 2 is 1.89 bits per heavy atom. The Labute approximate surface area is 164 Å². The van der Waals surface area contributed by atoms with Crippen molar-refractivity contribution in [2.75, 3.05) is 0 Å². The lowest BCUT2D eigenvalue weighted by Crippen LogP contribution is -2.55. The molecule has 1 aromatic carbocycles. The molecule has 0 spiro atoms. The van der Waals surface area contributed by atoms with Gasteiger partial charge in [-0.05, 0) is 50.5 Å². The molecule has 2 aliphatic rings. The number of hydrogen-bond donors (Lipinski definition) is 3. The minimum absolute atomic E-state index is 0.0366. The lowest BCUT2D eigenvalue weighted by molar-refractivity contribution is -0.151. The van der Waals surface area contributed by atoms with E-state index in [1.54, 1.807) is 6.92 Å². The highest BCUT2D eigenvalue weighted by Crippen LogP contribution is 2.41. The van der Waals surface area contributed by atoms with E-state index in [-0.39, 0.29) is 17.9 Å². The highest BCUT2D eigenvalue weighted by molar-refractivity contribution is 5.88. The normalized spacial score (nSPS) is 25.9. The van der Waals surface area contributed by atoms with Crippen LogP contribution in [0.1, 0.15) is 44.6 Å². The monoisotopic (exact) mass is 388 g/mol. The zero-order chi connectivity index (χ0) is 20.3. The predicted molar refractivity (Wildman–Crippen MR) is 103 cm³/mol. The van der Waals surface area contributed by atoms with Crippen LogP contribution < -0.4 is 5.32 Å². The van der Waals surface area contributed by atoms with Crippen molar-refractivity contribution < 1.29 is 24.6 Å². The van der Waals surface area contributed by atoms with Gasteiger partial charge in [0.05, 0.1) is 6.04 Å². The Hall–Kier alpha value is -2.41. The summed E-state index contributed by atoms with van der Waals surface area (Å²) in [6, 6.07) is 7.13. The van der Waals surface area contributed by atoms with Crippen LogP contribution in [-0.2, 0) is 20.8 Å². The molecule has 152 valence electrons. The summed E-state index contributed by atoms with van der Waals surface area (Å²) in [6.45, 7) is 1.63. The van der Waals surface area contributed by atoms with E-state index in [1.165, 1.54) is 4.90 Å². The van der Waals surface area contributed by atoms with E-state index in [0.29, 0.717) is 19.3 Å². The van der Waals surface area contributed by atoms with Crippen LogP contribution >= 0.6 is 0 Å². The standard InChI is InChI=1S/C21H28N2O5/c1-13(22-16(20(25)26)11-10-14-6-3-2-4-7-14)19(24)23-17-9-5-8-15(17)12-18(23)21(27)28/h2-4,6-7,13,15-18,22H,5,8-12H2,1H3,(H,25,26)(H,27,28)/t13?,15-,16?,17-,18?/m0/s1. The fraction of sp³-hybridized carbons (Fsp3) is 0.571. The predicted octanol–water partition coefficient (Wildman–Crippen LogP) is 1.90. The minimum atomic E-state index is -1.01. The molecule has 7 nitrogen and oxygen atoms in total. The number of amides is 1. The average Bonchev–Trinajstić information content (AvgIpc) is 3.26. The number of rotatable bonds is 8. The molecule has 3 rings (SSSR count). The van der Waals surface area contributed by atoms with Crippen molar-refractivity contribution in [3.05, 3.63) is 35.9 Å². The molecular formula is C21H28N2O5. The van der Waals surface area contributed by atoms with E-state index in [2.05, 4.69) is 5.32 Å². The number of carboxylic acid groups (broad SMARTS) is 2. The summed E-state index contributed by atoms with van der Waals surface area (Å²) in [5.41, 5.74) is 1.04. The Kier molecular flexibility index (Phi) is 6.34. The number of benzene rings is 1. The van der Waals surface area contributed by atoms with Gasteiger partial charge in [-0.2, -0.15) is 0 Å². The van der Waals surface area contributed by atoms with E-state index in [0.717, 1.165) is 24.8 Å². The first-order valence-electron chi connectivity index (χ1n) is 9.96. The molecule has 0 bridgehead atoms. The number of hydrogen-bond acceptors (Lipinski definition) is 4. The molecule has 1 saturated heterocycles. The van der Waals surface area contributed by atoms with Crippen molar-refractivity contribution >= 4 is 17.8 Å². The third-order valence-corrected chi connectivity index (χ3v) is 6.06. The highest BCUT2D eigenvalue weighted by atomic mass is 16.4. The topological polar surface area (TPSA) is 107 Å². The van der Waals surface area contributed by atoms with Gasteiger partial charge in [-0.15, -0.1) is 0 Å². The Morgan fingerprint density at radius 3 is 2.54 bits per heavy atom. The van der Waals surface area contributed by atoms with Gasteiger partial charge in [0.15, 0.2) is 0 Å². The molecule has 0 aromatic heterocycles. The van der Waals surface area contributed by atoms with Crippen LogP contribution in [0.25, 0.3) is 0 Å². The molecular weight excluding hydrogens is 360 g/mol. The first-order valence-corrected chi connectivity index (χ1v) is 9.96. The van der Waals surface area contributed by atoms with Gasteiger partial charge in [-0.1, -0.05) is 36.8 Å². The number of aliphatic carboxylic acids is 2. The zero-order valence-corrected chi connectivity index (χ0v) is 16.1. The molecule has 7 heteroatoms. The molecule has 5 atom stereocenters. The van der Waals surface area contributed by atoms with Crippen LogP contribution in [0.5, 0.6) is 0 Å². The molecule has 1 amide bonds. The molecule has 1 aromatic rings. The molecule has 1 aliphatic heterocycles. The second-order valence-electron chi connectivity index (χ2n) is 7.90. The van der Waals surface area contributed by atoms with Gasteiger partial charge in [-0.3, -0.25) is 14.9 Å². The van der Waals surface area contributed by atoms with Gasteiger partial charge in [0.25, 0.3) is 0 Å². The zero-order valence-electron chi connectivity index (χ0n) is 16.1. The van der Waals surface area contributed by atoms with E-state index in [9.17, 15) is 24.6 Å². The van der Waals surface area contributed by atoms with Gasteiger partial charge < -0.3 is 15.1 Å². The smallest absolute Gasteiger partial charge is 0.326 e. The van der Waals surface area contributed by atoms with Crippen LogP contribution in [0.15, 0.2) is 30.3 Å². The van der Waals surface area contributed by atoms with Crippen molar-refractivity contribution in [2.24, 2.45) is 5.92 Å². The van der Waals surface area contributed by atoms with E-state index >= 15 is 0 Å². The largest absolute Gasteiger partial charge is 0.480 e. The summed E-state index contributed by atoms with van der Waals surface area (Å²) in [6.07, 6.45) is 4.21. The molecule has 1 aliphatic carbocycles. The summed E-state index contributed by atoms with van der Waals surface area (Å²) >= 11 is 0. The number of nitrogens with zero attached hydrogens (tertiary/aromatic N) is 1. The van der Waals surface area contributed by atoms with Crippen molar-refractivity contribution in [1.29, 1.82) is 0 Å². The average molecular weight is 388 g/mol. The number of aryl methyl sites for hydroxylation is 1. The van der Waals surface area contributed by atoms with Crippen LogP contribution in [0.4, 0.5) is 0 Å². The molecule has 2 fully saturated rings. The van der Waals surface area contributed by atoms with Crippen LogP contribution in [0, 0.1) is 5.92 Å². The molecule has 1 saturated carbocycles. The quantitative estimate of drug-likeness (QED) is 0.628. The second kappa shape index (κ2) is 8.73. The minimum Gasteiger partial charge on any atom is -0.480 e. The summed E-state index contributed by atoms with van der Waals surface area (Å²) in [4.78, 5) is 37.9. The first-order chi connectivity index (χ1) is 13.4. The summed E-state index contributed by atoms with van der Waals surface area (Å²) in [5.74, 6) is -2.06. The first kappa shape index (κ1) is 20.3. The number of carbonyl (C=O) groups is 3. The lowest BCUT2D eigenvalue weighted by atomic mass is 10.0. The third-order valence-electron chi connectivity index (χ3n) is 6.06. The Morgan fingerprint density at radius 1 is 1.18 bits per heavy atom. The van der Waals surface area contributed by atoms with E-state index in [1.807, 2.05) is 30.3 Å². The maximum Gasteiger partial charge on any atom is 0.326 e. The molecule has 3 N–H and O–H groups in total. The molecule has 1 heterocycles. The number of carbonyl (C=O) groups excluding carboxylic acids is 1. The molecule has 28 heavy (non-hydrogen) atoms. The van der Waals surface area contributed by atoms with Crippen LogP contribution in [0.3, 0.4) is 0 Å². The molecule has 3 unspecified atom stereocenters. The van der Waals surface area contributed by atoms with Crippen molar-refractivity contribution in [2.45, 2.75) is 69.6 Å².